The van der Waals surface area contributed by atoms with E-state index in [1.54, 1.807) is 13.8 Å². The number of nitrogens with one attached hydrogen (secondary N) is 1. The zero-order chi connectivity index (χ0) is 13.1. The molecule has 0 aromatic carbocycles. The van der Waals surface area contributed by atoms with Gasteiger partial charge in [-0.2, -0.15) is 0 Å². The van der Waals surface area contributed by atoms with Gasteiger partial charge >= 0.3 is 5.97 Å². The third-order valence-electron chi connectivity index (χ3n) is 3.00. The van der Waals surface area contributed by atoms with Crippen molar-refractivity contribution in [1.82, 2.24) is 5.32 Å². The fraction of sp³-hybridized carbons (Fsp3) is 0.818. The highest BCUT2D eigenvalue weighted by atomic mass is 16.4. The van der Waals surface area contributed by atoms with E-state index in [0.717, 1.165) is 0 Å². The summed E-state index contributed by atoms with van der Waals surface area (Å²) >= 11 is 0. The molecule has 0 radical (unpaired) electrons. The fourth-order valence-electron chi connectivity index (χ4n) is 1.09. The van der Waals surface area contributed by atoms with Crippen molar-refractivity contribution in [2.75, 3.05) is 0 Å². The van der Waals surface area contributed by atoms with E-state index in [0.29, 0.717) is 0 Å². The molecule has 1 amide bonds. The highest BCUT2D eigenvalue weighted by Gasteiger charge is 2.39. The summed E-state index contributed by atoms with van der Waals surface area (Å²) < 4.78 is 0. The van der Waals surface area contributed by atoms with E-state index < -0.39 is 23.5 Å². The van der Waals surface area contributed by atoms with Crippen molar-refractivity contribution in [2.45, 2.75) is 46.2 Å². The average molecular weight is 230 g/mol. The Morgan fingerprint density at radius 2 is 1.69 bits per heavy atom. The molecular weight excluding hydrogens is 208 g/mol. The molecule has 0 saturated carbocycles. The van der Waals surface area contributed by atoms with Crippen LogP contribution in [0, 0.1) is 11.8 Å². The van der Waals surface area contributed by atoms with Crippen molar-refractivity contribution in [1.29, 1.82) is 0 Å². The predicted octanol–water partition coefficient (Wildman–Crippen LogP) is 0.585. The summed E-state index contributed by atoms with van der Waals surface area (Å²) in [5.41, 5.74) is 4.39. The highest BCUT2D eigenvalue weighted by molar-refractivity contribution is 5.89. The Labute approximate surface area is 96.4 Å². The first-order valence-electron chi connectivity index (χ1n) is 5.44. The summed E-state index contributed by atoms with van der Waals surface area (Å²) in [7, 11) is 0. The lowest BCUT2D eigenvalue weighted by molar-refractivity contribution is -0.149. The van der Waals surface area contributed by atoms with Gasteiger partial charge in [-0.15, -0.1) is 0 Å². The first-order valence-corrected chi connectivity index (χ1v) is 5.44. The van der Waals surface area contributed by atoms with Crippen LogP contribution in [-0.2, 0) is 9.59 Å². The van der Waals surface area contributed by atoms with E-state index in [-0.39, 0.29) is 11.8 Å². The lowest BCUT2D eigenvalue weighted by Crippen LogP contribution is -2.60. The van der Waals surface area contributed by atoms with Crippen LogP contribution in [0.15, 0.2) is 0 Å². The molecule has 16 heavy (non-hydrogen) atoms. The molecular formula is C11H22N2O3. The summed E-state index contributed by atoms with van der Waals surface area (Å²) in [5, 5.41) is 11.6. The number of carbonyl (C=O) groups excluding carboxylic acids is 1. The largest absolute Gasteiger partial charge is 0.480 e. The maximum absolute atomic E-state index is 11.7. The molecule has 0 bridgehead atoms. The number of hydrogen-bond acceptors (Lipinski definition) is 3. The minimum absolute atomic E-state index is 0.0230. The van der Waals surface area contributed by atoms with Gasteiger partial charge in [-0.25, -0.2) is 4.79 Å². The standard InChI is InChI=1S/C11H22N2O3/c1-6(2)8(12)9(14)13-11(5,7(3)4)10(15)16/h6-8H,12H2,1-5H3,(H,13,14)(H,15,16)/t8-,11-/m0/s1. The van der Waals surface area contributed by atoms with Gasteiger partial charge in [0.2, 0.25) is 5.91 Å². The second-order valence-electron chi connectivity index (χ2n) is 4.92. The quantitative estimate of drug-likeness (QED) is 0.644. The Morgan fingerprint density at radius 3 is 1.94 bits per heavy atom. The third kappa shape index (κ3) is 3.20. The fourth-order valence-corrected chi connectivity index (χ4v) is 1.09. The molecule has 0 rings (SSSR count). The van der Waals surface area contributed by atoms with Gasteiger partial charge < -0.3 is 16.2 Å². The number of amides is 1. The van der Waals surface area contributed by atoms with Gasteiger partial charge in [-0.05, 0) is 18.8 Å². The Bertz CT molecular complexity index is 276. The van der Waals surface area contributed by atoms with E-state index in [1.165, 1.54) is 6.92 Å². The third-order valence-corrected chi connectivity index (χ3v) is 3.00. The molecule has 0 spiro atoms. The number of carbonyl (C=O) groups is 2. The predicted molar refractivity (Wildman–Crippen MR) is 61.8 cm³/mol. The summed E-state index contributed by atoms with van der Waals surface area (Å²) in [6.45, 7) is 8.62. The number of nitrogens with two attached hydrogens (primary N) is 1. The SMILES string of the molecule is CC(C)[C@H](N)C(=O)N[C@](C)(C(=O)O)C(C)C. The first kappa shape index (κ1) is 14.9. The van der Waals surface area contributed by atoms with Crippen LogP contribution in [0.25, 0.3) is 0 Å². The molecule has 5 nitrogen and oxygen atoms in total. The maximum Gasteiger partial charge on any atom is 0.329 e. The summed E-state index contributed by atoms with van der Waals surface area (Å²) in [5.74, 6) is -1.71. The number of carboxylic acid groups (broad SMARTS) is 1. The minimum Gasteiger partial charge on any atom is -0.480 e. The molecule has 5 heteroatoms. The van der Waals surface area contributed by atoms with Crippen molar-refractivity contribution in [3.8, 4) is 0 Å². The van der Waals surface area contributed by atoms with Crippen LogP contribution in [0.3, 0.4) is 0 Å². The molecule has 2 atom stereocenters. The van der Waals surface area contributed by atoms with E-state index >= 15 is 0 Å². The summed E-state index contributed by atoms with van der Waals surface area (Å²) in [6, 6.07) is -0.683. The maximum atomic E-state index is 11.7. The van der Waals surface area contributed by atoms with E-state index in [4.69, 9.17) is 10.8 Å². The molecule has 0 saturated heterocycles. The molecule has 0 aromatic rings. The number of hydrogen-bond donors (Lipinski definition) is 3. The molecule has 0 fully saturated rings. The number of rotatable bonds is 5. The van der Waals surface area contributed by atoms with Crippen LogP contribution < -0.4 is 11.1 Å². The van der Waals surface area contributed by atoms with E-state index in [2.05, 4.69) is 5.32 Å². The Hall–Kier alpha value is -1.10. The van der Waals surface area contributed by atoms with Crippen molar-refractivity contribution in [2.24, 2.45) is 17.6 Å². The van der Waals surface area contributed by atoms with E-state index in [1.807, 2.05) is 13.8 Å². The molecule has 0 aliphatic heterocycles. The van der Waals surface area contributed by atoms with Gasteiger partial charge in [0.25, 0.3) is 0 Å². The van der Waals surface area contributed by atoms with Crippen molar-refractivity contribution < 1.29 is 14.7 Å². The topological polar surface area (TPSA) is 92.4 Å². The molecule has 94 valence electrons. The van der Waals surface area contributed by atoms with Gasteiger partial charge in [-0.3, -0.25) is 4.79 Å². The Balaban J connectivity index is 4.79. The summed E-state index contributed by atoms with van der Waals surface area (Å²) in [4.78, 5) is 22.8. The first-order chi connectivity index (χ1) is 7.12. The van der Waals surface area contributed by atoms with Crippen LogP contribution >= 0.6 is 0 Å². The lowest BCUT2D eigenvalue weighted by Gasteiger charge is -2.31. The number of carboxylic acids is 1. The van der Waals surface area contributed by atoms with Crippen LogP contribution in [0.1, 0.15) is 34.6 Å². The molecule has 4 N–H and O–H groups in total. The zero-order valence-corrected chi connectivity index (χ0v) is 10.6. The van der Waals surface area contributed by atoms with Gasteiger partial charge in [0.1, 0.15) is 5.54 Å². The Morgan fingerprint density at radius 1 is 1.25 bits per heavy atom. The van der Waals surface area contributed by atoms with Crippen LogP contribution in [0.2, 0.25) is 0 Å². The van der Waals surface area contributed by atoms with Gasteiger partial charge in [-0.1, -0.05) is 27.7 Å². The van der Waals surface area contributed by atoms with Gasteiger partial charge in [0.05, 0.1) is 6.04 Å². The highest BCUT2D eigenvalue weighted by Crippen LogP contribution is 2.17. The average Bonchev–Trinajstić information content (AvgIpc) is 2.15. The van der Waals surface area contributed by atoms with Crippen LogP contribution in [0.4, 0.5) is 0 Å². The monoisotopic (exact) mass is 230 g/mol. The second-order valence-corrected chi connectivity index (χ2v) is 4.92. The molecule has 0 heterocycles. The van der Waals surface area contributed by atoms with E-state index in [9.17, 15) is 9.59 Å². The van der Waals surface area contributed by atoms with Crippen molar-refractivity contribution in [3.63, 3.8) is 0 Å². The molecule has 0 aromatic heterocycles. The van der Waals surface area contributed by atoms with Crippen LogP contribution in [0.5, 0.6) is 0 Å². The lowest BCUT2D eigenvalue weighted by atomic mass is 9.87. The molecule has 0 unspecified atom stereocenters. The summed E-state index contributed by atoms with van der Waals surface area (Å²) in [6.07, 6.45) is 0. The smallest absolute Gasteiger partial charge is 0.329 e. The molecule has 0 aliphatic rings. The van der Waals surface area contributed by atoms with Crippen molar-refractivity contribution in [3.05, 3.63) is 0 Å². The number of aliphatic carboxylic acids is 1. The van der Waals surface area contributed by atoms with Gasteiger partial charge in [0.15, 0.2) is 0 Å². The van der Waals surface area contributed by atoms with Crippen LogP contribution in [-0.4, -0.2) is 28.6 Å². The minimum atomic E-state index is -1.27. The zero-order valence-electron chi connectivity index (χ0n) is 10.6. The van der Waals surface area contributed by atoms with Crippen molar-refractivity contribution >= 4 is 11.9 Å². The normalized spacial score (nSPS) is 17.0. The second kappa shape index (κ2) is 5.30. The molecule has 0 aliphatic carbocycles. The van der Waals surface area contributed by atoms with Gasteiger partial charge in [0, 0.05) is 0 Å². The Kier molecular flexibility index (Phi) is 4.93.